The summed E-state index contributed by atoms with van der Waals surface area (Å²) in [6.45, 7) is 1.96. The Kier molecular flexibility index (Phi) is 7.94. The van der Waals surface area contributed by atoms with Gasteiger partial charge in [-0.1, -0.05) is 30.4 Å². The average Bonchev–Trinajstić information content (AvgIpc) is 2.33. The molecular weight excluding hydrogens is 224 g/mol. The van der Waals surface area contributed by atoms with Crippen LogP contribution in [0.3, 0.4) is 0 Å². The Labute approximate surface area is 110 Å². The van der Waals surface area contributed by atoms with Crippen molar-refractivity contribution in [1.29, 1.82) is 0 Å². The number of carbonyl (C=O) groups excluding carboxylic acids is 1. The summed E-state index contributed by atoms with van der Waals surface area (Å²) < 4.78 is 5.27. The Morgan fingerprint density at radius 1 is 1.00 bits per heavy atom. The number of esters is 1. The molecule has 2 heteroatoms. The molecule has 1 atom stereocenters. The summed E-state index contributed by atoms with van der Waals surface area (Å²) in [4.78, 5) is 11.4. The number of cyclic esters (lactones) is 1. The topological polar surface area (TPSA) is 26.3 Å². The molecule has 18 heavy (non-hydrogen) atoms. The first-order valence-corrected chi connectivity index (χ1v) is 6.98. The van der Waals surface area contributed by atoms with Crippen LogP contribution in [-0.4, -0.2) is 12.1 Å². The van der Waals surface area contributed by atoms with Crippen molar-refractivity contribution in [3.8, 4) is 0 Å². The minimum absolute atomic E-state index is 0.0167. The quantitative estimate of drug-likeness (QED) is 0.471. The second kappa shape index (κ2) is 9.69. The summed E-state index contributed by atoms with van der Waals surface area (Å²) in [5, 5.41) is 0. The number of rotatable bonds is 0. The van der Waals surface area contributed by atoms with E-state index in [4.69, 9.17) is 4.74 Å². The summed E-state index contributed by atoms with van der Waals surface area (Å²) in [6, 6.07) is 0. The van der Waals surface area contributed by atoms with Gasteiger partial charge in [0.1, 0.15) is 0 Å². The zero-order valence-electron chi connectivity index (χ0n) is 11.3. The van der Waals surface area contributed by atoms with Crippen LogP contribution < -0.4 is 0 Å². The number of carbonyl (C=O) groups is 1. The maximum absolute atomic E-state index is 11.4. The Morgan fingerprint density at radius 2 is 1.72 bits per heavy atom. The van der Waals surface area contributed by atoms with E-state index >= 15 is 0 Å². The van der Waals surface area contributed by atoms with Crippen molar-refractivity contribution in [2.24, 2.45) is 0 Å². The van der Waals surface area contributed by atoms with Crippen LogP contribution in [0.15, 0.2) is 36.5 Å². The van der Waals surface area contributed by atoms with Gasteiger partial charge in [-0.2, -0.15) is 0 Å². The van der Waals surface area contributed by atoms with Crippen LogP contribution in [0.5, 0.6) is 0 Å². The third kappa shape index (κ3) is 7.88. The lowest BCUT2D eigenvalue weighted by molar-refractivity contribution is -0.142. The van der Waals surface area contributed by atoms with Gasteiger partial charge >= 0.3 is 5.97 Å². The van der Waals surface area contributed by atoms with E-state index in [1.165, 1.54) is 18.9 Å². The molecule has 0 spiro atoms. The largest absolute Gasteiger partial charge is 0.460 e. The van der Waals surface area contributed by atoms with Gasteiger partial charge in [-0.05, 0) is 51.9 Å². The van der Waals surface area contributed by atoms with Gasteiger partial charge < -0.3 is 4.74 Å². The fourth-order valence-corrected chi connectivity index (χ4v) is 1.89. The average molecular weight is 248 g/mol. The van der Waals surface area contributed by atoms with Crippen molar-refractivity contribution in [3.63, 3.8) is 0 Å². The number of hydrogen-bond acceptors (Lipinski definition) is 2. The molecule has 0 saturated carbocycles. The molecule has 0 aromatic rings. The first kappa shape index (κ1) is 14.7. The van der Waals surface area contributed by atoms with Crippen LogP contribution >= 0.6 is 0 Å². The predicted molar refractivity (Wildman–Crippen MR) is 75.3 cm³/mol. The minimum atomic E-state index is -0.237. The molecule has 0 fully saturated rings. The van der Waals surface area contributed by atoms with Gasteiger partial charge in [0.2, 0.25) is 0 Å². The molecule has 2 nitrogen and oxygen atoms in total. The van der Waals surface area contributed by atoms with Crippen LogP contribution in [-0.2, 0) is 9.53 Å². The van der Waals surface area contributed by atoms with Crippen LogP contribution in [0.4, 0.5) is 0 Å². The molecule has 0 radical (unpaired) electrons. The van der Waals surface area contributed by atoms with Crippen molar-refractivity contribution in [2.45, 2.75) is 58.0 Å². The fourth-order valence-electron chi connectivity index (χ4n) is 1.89. The molecule has 1 unspecified atom stereocenters. The normalized spacial score (nSPS) is 29.2. The lowest BCUT2D eigenvalue weighted by atomic mass is 10.1. The monoisotopic (exact) mass is 248 g/mol. The molecule has 1 heterocycles. The van der Waals surface area contributed by atoms with Crippen LogP contribution in [0.1, 0.15) is 51.9 Å². The van der Waals surface area contributed by atoms with Gasteiger partial charge in [0.05, 0.1) is 6.10 Å². The van der Waals surface area contributed by atoms with Crippen molar-refractivity contribution in [3.05, 3.63) is 36.5 Å². The Balaban J connectivity index is 2.44. The van der Waals surface area contributed by atoms with E-state index in [2.05, 4.69) is 18.2 Å². The van der Waals surface area contributed by atoms with Crippen LogP contribution in [0.25, 0.3) is 0 Å². The molecule has 0 aromatic carbocycles. The second-order valence-electron chi connectivity index (χ2n) is 4.72. The Hall–Kier alpha value is -1.31. The molecule has 1 rings (SSSR count). The summed E-state index contributed by atoms with van der Waals surface area (Å²) >= 11 is 0. The molecule has 1 aliphatic rings. The number of ether oxygens (including phenoxy) is 1. The molecule has 0 aliphatic carbocycles. The smallest absolute Gasteiger partial charge is 0.331 e. The van der Waals surface area contributed by atoms with Gasteiger partial charge in [0.15, 0.2) is 0 Å². The van der Waals surface area contributed by atoms with Crippen molar-refractivity contribution in [1.82, 2.24) is 0 Å². The fraction of sp³-hybridized carbons (Fsp3) is 0.562. The van der Waals surface area contributed by atoms with E-state index in [0.717, 1.165) is 32.1 Å². The molecule has 0 aromatic heterocycles. The summed E-state index contributed by atoms with van der Waals surface area (Å²) in [5.41, 5.74) is 0. The molecule has 0 N–H and O–H groups in total. The first-order valence-electron chi connectivity index (χ1n) is 6.98. The third-order valence-corrected chi connectivity index (χ3v) is 2.94. The Morgan fingerprint density at radius 3 is 2.56 bits per heavy atom. The SMILES string of the molecule is CC1CCCC/C=C\CCC/C=C/C=C/C(=O)O1. The lowest BCUT2D eigenvalue weighted by Gasteiger charge is -2.11. The highest BCUT2D eigenvalue weighted by atomic mass is 16.5. The predicted octanol–water partition coefficient (Wildman–Crippen LogP) is 4.33. The third-order valence-electron chi connectivity index (χ3n) is 2.94. The van der Waals surface area contributed by atoms with Gasteiger partial charge in [0, 0.05) is 6.08 Å². The standard InChI is InChI=1S/C16H24O2/c1-15-13-11-9-7-5-3-2-4-6-8-10-12-14-16(17)18-15/h3,5,8,10,12,14-15H,2,4,6-7,9,11,13H2,1H3/b5-3-,10-8+,14-12+. The van der Waals surface area contributed by atoms with E-state index in [9.17, 15) is 4.79 Å². The van der Waals surface area contributed by atoms with Crippen LogP contribution in [0.2, 0.25) is 0 Å². The van der Waals surface area contributed by atoms with E-state index < -0.39 is 0 Å². The zero-order chi connectivity index (χ0) is 13.1. The van der Waals surface area contributed by atoms with Gasteiger partial charge in [0.25, 0.3) is 0 Å². The molecule has 0 bridgehead atoms. The van der Waals surface area contributed by atoms with E-state index in [1.54, 1.807) is 6.08 Å². The molecule has 0 saturated heterocycles. The van der Waals surface area contributed by atoms with Crippen molar-refractivity contribution < 1.29 is 9.53 Å². The van der Waals surface area contributed by atoms with Crippen molar-refractivity contribution in [2.75, 3.05) is 0 Å². The van der Waals surface area contributed by atoms with E-state index in [1.807, 2.05) is 13.0 Å². The Bertz CT molecular complexity index is 313. The maximum Gasteiger partial charge on any atom is 0.331 e. The van der Waals surface area contributed by atoms with E-state index in [-0.39, 0.29) is 12.1 Å². The van der Waals surface area contributed by atoms with Gasteiger partial charge in [-0.3, -0.25) is 0 Å². The summed E-state index contributed by atoms with van der Waals surface area (Å²) in [5.74, 6) is -0.237. The summed E-state index contributed by atoms with van der Waals surface area (Å²) in [6.07, 6.45) is 19.6. The first-order chi connectivity index (χ1) is 8.79. The highest BCUT2D eigenvalue weighted by Crippen LogP contribution is 2.08. The highest BCUT2D eigenvalue weighted by molar-refractivity contribution is 5.82. The number of hydrogen-bond donors (Lipinski definition) is 0. The van der Waals surface area contributed by atoms with Crippen molar-refractivity contribution >= 4 is 5.97 Å². The molecule has 1 aliphatic heterocycles. The highest BCUT2D eigenvalue weighted by Gasteiger charge is 2.05. The lowest BCUT2D eigenvalue weighted by Crippen LogP contribution is -2.12. The summed E-state index contributed by atoms with van der Waals surface area (Å²) in [7, 11) is 0. The number of allylic oxidation sites excluding steroid dienone is 5. The molecular formula is C16H24O2. The van der Waals surface area contributed by atoms with Gasteiger partial charge in [-0.15, -0.1) is 0 Å². The molecule has 100 valence electrons. The maximum atomic E-state index is 11.4. The van der Waals surface area contributed by atoms with E-state index in [0.29, 0.717) is 0 Å². The minimum Gasteiger partial charge on any atom is -0.460 e. The second-order valence-corrected chi connectivity index (χ2v) is 4.72. The van der Waals surface area contributed by atoms with Gasteiger partial charge in [-0.25, -0.2) is 4.79 Å². The molecule has 0 amide bonds. The zero-order valence-corrected chi connectivity index (χ0v) is 11.3. The van der Waals surface area contributed by atoms with Crippen LogP contribution in [0, 0.1) is 0 Å².